The molecule has 1 unspecified atom stereocenters. The Kier molecular flexibility index (Phi) is 6.15. The van der Waals surface area contributed by atoms with Crippen molar-refractivity contribution in [3.63, 3.8) is 0 Å². The molecular formula is C23H25NO2. The van der Waals surface area contributed by atoms with Gasteiger partial charge in [-0.15, -0.1) is 0 Å². The van der Waals surface area contributed by atoms with Gasteiger partial charge in [-0.05, 0) is 43.2 Å². The monoisotopic (exact) mass is 347 g/mol. The first-order valence-corrected chi connectivity index (χ1v) is 8.94. The van der Waals surface area contributed by atoms with Gasteiger partial charge in [-0.25, -0.2) is 0 Å². The lowest BCUT2D eigenvalue weighted by atomic mass is 10.2. The van der Waals surface area contributed by atoms with Crippen LogP contribution in [0.3, 0.4) is 0 Å². The molecule has 1 atom stereocenters. The van der Waals surface area contributed by atoms with Crippen LogP contribution < -0.4 is 14.8 Å². The molecule has 3 aromatic carbocycles. The average molecular weight is 347 g/mol. The van der Waals surface area contributed by atoms with E-state index in [4.69, 9.17) is 9.47 Å². The number of ether oxygens (including phenoxy) is 2. The second-order valence-electron chi connectivity index (χ2n) is 6.35. The fourth-order valence-corrected chi connectivity index (χ4v) is 2.67. The van der Waals surface area contributed by atoms with Crippen molar-refractivity contribution in [2.75, 3.05) is 11.9 Å². The molecule has 0 aliphatic heterocycles. The molecule has 134 valence electrons. The molecule has 26 heavy (non-hydrogen) atoms. The first-order valence-electron chi connectivity index (χ1n) is 8.94. The van der Waals surface area contributed by atoms with Crippen molar-refractivity contribution in [3.05, 3.63) is 90.0 Å². The number of nitrogens with one attached hydrogen (secondary N) is 1. The van der Waals surface area contributed by atoms with E-state index in [2.05, 4.69) is 37.4 Å². The van der Waals surface area contributed by atoms with Gasteiger partial charge >= 0.3 is 0 Å². The van der Waals surface area contributed by atoms with Gasteiger partial charge in [0.25, 0.3) is 0 Å². The predicted molar refractivity (Wildman–Crippen MR) is 107 cm³/mol. The molecule has 0 bridgehead atoms. The van der Waals surface area contributed by atoms with E-state index >= 15 is 0 Å². The van der Waals surface area contributed by atoms with E-state index in [-0.39, 0.29) is 6.10 Å². The number of aryl methyl sites for hydroxylation is 1. The van der Waals surface area contributed by atoms with Gasteiger partial charge in [-0.3, -0.25) is 0 Å². The number of hydrogen-bond acceptors (Lipinski definition) is 3. The van der Waals surface area contributed by atoms with Gasteiger partial charge in [0.15, 0.2) is 0 Å². The standard InChI is InChI=1S/C23H25NO2/c1-18-10-6-8-14-22(18)26-19(2)16-24-21-13-7-9-15-23(21)25-17-20-11-4-3-5-12-20/h3-15,19,24H,16-17H2,1-2H3. The number of hydrogen-bond donors (Lipinski definition) is 1. The maximum Gasteiger partial charge on any atom is 0.142 e. The van der Waals surface area contributed by atoms with Crippen LogP contribution in [-0.2, 0) is 6.61 Å². The minimum atomic E-state index is 0.0401. The lowest BCUT2D eigenvalue weighted by Crippen LogP contribution is -2.23. The summed E-state index contributed by atoms with van der Waals surface area (Å²) in [7, 11) is 0. The highest BCUT2D eigenvalue weighted by molar-refractivity contribution is 5.56. The third kappa shape index (κ3) is 5.03. The van der Waals surface area contributed by atoms with Crippen LogP contribution >= 0.6 is 0 Å². The Labute approximate surface area is 155 Å². The highest BCUT2D eigenvalue weighted by Gasteiger charge is 2.08. The molecule has 0 heterocycles. The molecule has 0 saturated heterocycles. The van der Waals surface area contributed by atoms with Crippen LogP contribution in [0.15, 0.2) is 78.9 Å². The van der Waals surface area contributed by atoms with Crippen molar-refractivity contribution in [3.8, 4) is 11.5 Å². The molecule has 0 aromatic heterocycles. The van der Waals surface area contributed by atoms with Crippen LogP contribution in [0, 0.1) is 6.92 Å². The zero-order valence-corrected chi connectivity index (χ0v) is 15.3. The van der Waals surface area contributed by atoms with Crippen LogP contribution in [0.25, 0.3) is 0 Å². The summed E-state index contributed by atoms with van der Waals surface area (Å²) in [6, 6.07) is 26.3. The number of para-hydroxylation sites is 3. The Hall–Kier alpha value is -2.94. The normalized spacial score (nSPS) is 11.6. The van der Waals surface area contributed by atoms with Gasteiger partial charge in [0.1, 0.15) is 24.2 Å². The first kappa shape index (κ1) is 17.9. The highest BCUT2D eigenvalue weighted by Crippen LogP contribution is 2.25. The minimum absolute atomic E-state index is 0.0401. The molecule has 3 heteroatoms. The summed E-state index contributed by atoms with van der Waals surface area (Å²) < 4.78 is 12.0. The summed E-state index contributed by atoms with van der Waals surface area (Å²) in [6.07, 6.45) is 0.0401. The smallest absolute Gasteiger partial charge is 0.142 e. The lowest BCUT2D eigenvalue weighted by molar-refractivity contribution is 0.233. The van der Waals surface area contributed by atoms with Crippen LogP contribution in [0.1, 0.15) is 18.1 Å². The van der Waals surface area contributed by atoms with Crippen LogP contribution in [0.2, 0.25) is 0 Å². The molecule has 0 fully saturated rings. The summed E-state index contributed by atoms with van der Waals surface area (Å²) in [6.45, 7) is 5.37. The van der Waals surface area contributed by atoms with Crippen molar-refractivity contribution in [2.45, 2.75) is 26.6 Å². The van der Waals surface area contributed by atoms with Gasteiger partial charge in [0.2, 0.25) is 0 Å². The van der Waals surface area contributed by atoms with Crippen LogP contribution in [0.5, 0.6) is 11.5 Å². The molecule has 3 rings (SSSR count). The Bertz CT molecular complexity index is 817. The summed E-state index contributed by atoms with van der Waals surface area (Å²) >= 11 is 0. The van der Waals surface area contributed by atoms with Gasteiger partial charge in [-0.2, -0.15) is 0 Å². The highest BCUT2D eigenvalue weighted by atomic mass is 16.5. The predicted octanol–water partition coefficient (Wildman–Crippen LogP) is 5.45. The van der Waals surface area contributed by atoms with E-state index in [1.54, 1.807) is 0 Å². The molecule has 0 aliphatic carbocycles. The SMILES string of the molecule is Cc1ccccc1OC(C)CNc1ccccc1OCc1ccccc1. The van der Waals surface area contributed by atoms with E-state index in [1.165, 1.54) is 0 Å². The van der Waals surface area contributed by atoms with Crippen LogP contribution in [-0.4, -0.2) is 12.6 Å². The number of anilines is 1. The molecule has 0 spiro atoms. The van der Waals surface area contributed by atoms with Gasteiger partial charge in [0, 0.05) is 0 Å². The van der Waals surface area contributed by atoms with Gasteiger partial charge < -0.3 is 14.8 Å². The minimum Gasteiger partial charge on any atom is -0.489 e. The summed E-state index contributed by atoms with van der Waals surface area (Å²) in [5, 5.41) is 3.44. The van der Waals surface area contributed by atoms with E-state index in [1.807, 2.05) is 60.7 Å². The fraction of sp³-hybridized carbons (Fsp3) is 0.217. The Balaban J connectivity index is 1.57. The zero-order valence-electron chi connectivity index (χ0n) is 15.3. The quantitative estimate of drug-likeness (QED) is 0.587. The Morgan fingerprint density at radius 1 is 0.808 bits per heavy atom. The van der Waals surface area contributed by atoms with Gasteiger partial charge in [-0.1, -0.05) is 60.7 Å². The lowest BCUT2D eigenvalue weighted by Gasteiger charge is -2.19. The number of benzene rings is 3. The molecule has 0 radical (unpaired) electrons. The van der Waals surface area contributed by atoms with Crippen molar-refractivity contribution in [1.82, 2.24) is 0 Å². The van der Waals surface area contributed by atoms with Crippen molar-refractivity contribution in [1.29, 1.82) is 0 Å². The van der Waals surface area contributed by atoms with Crippen molar-refractivity contribution in [2.24, 2.45) is 0 Å². The second-order valence-corrected chi connectivity index (χ2v) is 6.35. The van der Waals surface area contributed by atoms with E-state index in [0.717, 1.165) is 28.3 Å². The maximum atomic E-state index is 6.03. The molecular weight excluding hydrogens is 322 g/mol. The van der Waals surface area contributed by atoms with E-state index in [9.17, 15) is 0 Å². The summed E-state index contributed by atoms with van der Waals surface area (Å²) in [5.41, 5.74) is 3.27. The third-order valence-electron chi connectivity index (χ3n) is 4.13. The maximum absolute atomic E-state index is 6.03. The second kappa shape index (κ2) is 8.95. The first-order chi connectivity index (χ1) is 12.7. The Morgan fingerprint density at radius 2 is 1.46 bits per heavy atom. The summed E-state index contributed by atoms with van der Waals surface area (Å²) in [5.74, 6) is 1.77. The van der Waals surface area contributed by atoms with Crippen LogP contribution in [0.4, 0.5) is 5.69 Å². The largest absolute Gasteiger partial charge is 0.489 e. The van der Waals surface area contributed by atoms with E-state index in [0.29, 0.717) is 13.2 Å². The van der Waals surface area contributed by atoms with Crippen molar-refractivity contribution >= 4 is 5.69 Å². The topological polar surface area (TPSA) is 30.5 Å². The van der Waals surface area contributed by atoms with Crippen molar-refractivity contribution < 1.29 is 9.47 Å². The third-order valence-corrected chi connectivity index (χ3v) is 4.13. The molecule has 3 aromatic rings. The average Bonchev–Trinajstić information content (AvgIpc) is 2.68. The van der Waals surface area contributed by atoms with Gasteiger partial charge in [0.05, 0.1) is 12.2 Å². The molecule has 0 aliphatic rings. The number of rotatable bonds is 8. The molecule has 3 nitrogen and oxygen atoms in total. The Morgan fingerprint density at radius 3 is 2.23 bits per heavy atom. The molecule has 1 N–H and O–H groups in total. The fourth-order valence-electron chi connectivity index (χ4n) is 2.67. The zero-order chi connectivity index (χ0) is 18.2. The van der Waals surface area contributed by atoms with E-state index < -0.39 is 0 Å². The molecule has 0 amide bonds. The molecule has 0 saturated carbocycles. The summed E-state index contributed by atoms with van der Waals surface area (Å²) in [4.78, 5) is 0.